The number of esters is 2. The predicted molar refractivity (Wildman–Crippen MR) is 171 cm³/mol. The van der Waals surface area contributed by atoms with Gasteiger partial charge in [0, 0.05) is 58.9 Å². The van der Waals surface area contributed by atoms with Gasteiger partial charge in [0.25, 0.3) is 5.91 Å². The third-order valence-electron chi connectivity index (χ3n) is 7.22. The lowest BCUT2D eigenvalue weighted by atomic mass is 9.92. The smallest absolute Gasteiger partial charge is 0.306 e. The first-order chi connectivity index (χ1) is 21.5. The van der Waals surface area contributed by atoms with Crippen molar-refractivity contribution in [2.75, 3.05) is 38.9 Å². The first-order valence-corrected chi connectivity index (χ1v) is 15.9. The van der Waals surface area contributed by atoms with Crippen LogP contribution >= 0.6 is 22.9 Å². The van der Waals surface area contributed by atoms with Crippen LogP contribution in [0.1, 0.15) is 62.0 Å². The molecule has 2 heterocycles. The van der Waals surface area contributed by atoms with Gasteiger partial charge in [0.05, 0.1) is 44.6 Å². The number of anilines is 1. The van der Waals surface area contributed by atoms with Crippen LogP contribution in [-0.4, -0.2) is 62.9 Å². The fourth-order valence-electron chi connectivity index (χ4n) is 5.18. The topological polar surface area (TPSA) is 113 Å². The Labute approximate surface area is 272 Å². The Balaban J connectivity index is 1.78. The summed E-state index contributed by atoms with van der Waals surface area (Å²) >= 11 is 7.95. The Morgan fingerprint density at radius 3 is 2.58 bits per heavy atom. The summed E-state index contributed by atoms with van der Waals surface area (Å²) in [5, 5.41) is 3.04. The number of methoxy groups -OCH3 is 2. The summed E-state index contributed by atoms with van der Waals surface area (Å²) in [4.78, 5) is 44.4. The highest BCUT2D eigenvalue weighted by atomic mass is 35.5. The molecule has 10 nitrogen and oxygen atoms in total. The number of halogens is 1. The average molecular weight is 659 g/mol. The zero-order valence-corrected chi connectivity index (χ0v) is 28.0. The zero-order valence-electron chi connectivity index (χ0n) is 26.4. The van der Waals surface area contributed by atoms with E-state index in [2.05, 4.69) is 0 Å². The van der Waals surface area contributed by atoms with Crippen molar-refractivity contribution in [1.29, 1.82) is 0 Å². The van der Waals surface area contributed by atoms with Gasteiger partial charge in [-0.1, -0.05) is 37.6 Å². The lowest BCUT2D eigenvalue weighted by Crippen LogP contribution is -2.46. The molecule has 242 valence electrons. The molecule has 0 spiro atoms. The summed E-state index contributed by atoms with van der Waals surface area (Å²) in [6.07, 6.45) is -0.879. The lowest BCUT2D eigenvalue weighted by molar-refractivity contribution is -0.144. The van der Waals surface area contributed by atoms with E-state index in [9.17, 15) is 14.4 Å². The molecule has 1 amide bonds. The first kappa shape index (κ1) is 34.2. The Hall–Kier alpha value is -3.67. The van der Waals surface area contributed by atoms with Gasteiger partial charge in [-0.25, -0.2) is 4.98 Å². The van der Waals surface area contributed by atoms with Crippen LogP contribution in [0.4, 0.5) is 5.69 Å². The Morgan fingerprint density at radius 2 is 1.89 bits per heavy atom. The molecule has 1 aliphatic rings. The SMILES string of the molecule is CCOC(=O)CCc1csc(C[C@H]2O[C@H](c3cccc(OC)c3OC)c3cc(Cl)ccc3N(CC(C)(C)COC(C)=O)C2=O)n1. The second kappa shape index (κ2) is 15.1. The number of fused-ring (bicyclic) bond motifs is 1. The summed E-state index contributed by atoms with van der Waals surface area (Å²) < 4.78 is 28.5. The van der Waals surface area contributed by atoms with Gasteiger partial charge in [-0.2, -0.15) is 0 Å². The molecule has 45 heavy (non-hydrogen) atoms. The van der Waals surface area contributed by atoms with Crippen LogP contribution in [0.3, 0.4) is 0 Å². The molecule has 0 aliphatic carbocycles. The molecule has 0 saturated heterocycles. The van der Waals surface area contributed by atoms with Gasteiger partial charge in [-0.05, 0) is 31.2 Å². The van der Waals surface area contributed by atoms with Gasteiger partial charge in [-0.3, -0.25) is 14.4 Å². The number of rotatable bonds is 13. The summed E-state index contributed by atoms with van der Waals surface area (Å²) in [5.41, 5.74) is 2.09. The monoisotopic (exact) mass is 658 g/mol. The molecular weight excluding hydrogens is 620 g/mol. The van der Waals surface area contributed by atoms with Crippen molar-refractivity contribution in [2.24, 2.45) is 5.41 Å². The van der Waals surface area contributed by atoms with Gasteiger partial charge >= 0.3 is 11.9 Å². The Kier molecular flexibility index (Phi) is 11.5. The molecular formula is C33H39ClN2O8S. The highest BCUT2D eigenvalue weighted by molar-refractivity contribution is 7.09. The van der Waals surface area contributed by atoms with Gasteiger partial charge in [0.1, 0.15) is 12.2 Å². The summed E-state index contributed by atoms with van der Waals surface area (Å²) in [7, 11) is 3.11. The maximum Gasteiger partial charge on any atom is 0.306 e. The van der Waals surface area contributed by atoms with Gasteiger partial charge in [0.2, 0.25) is 0 Å². The molecule has 0 bridgehead atoms. The zero-order chi connectivity index (χ0) is 32.7. The number of amides is 1. The van der Waals surface area contributed by atoms with Crippen molar-refractivity contribution in [3.8, 4) is 11.5 Å². The fourth-order valence-corrected chi connectivity index (χ4v) is 6.22. The van der Waals surface area contributed by atoms with Crippen LogP contribution in [-0.2, 0) is 41.4 Å². The number of carbonyl (C=O) groups excluding carboxylic acids is 3. The van der Waals surface area contributed by atoms with E-state index in [1.54, 1.807) is 50.3 Å². The number of thiazole rings is 1. The molecule has 3 aromatic rings. The molecule has 0 unspecified atom stereocenters. The third-order valence-corrected chi connectivity index (χ3v) is 8.38. The third kappa shape index (κ3) is 8.53. The maximum absolute atomic E-state index is 14.5. The minimum atomic E-state index is -0.953. The van der Waals surface area contributed by atoms with E-state index >= 15 is 0 Å². The number of aromatic nitrogens is 1. The van der Waals surface area contributed by atoms with Crippen LogP contribution in [0.15, 0.2) is 41.8 Å². The minimum absolute atomic E-state index is 0.115. The van der Waals surface area contributed by atoms with Crippen LogP contribution in [0, 0.1) is 5.41 Å². The van der Waals surface area contributed by atoms with Crippen molar-refractivity contribution in [2.45, 2.75) is 59.2 Å². The number of ether oxygens (including phenoxy) is 5. The van der Waals surface area contributed by atoms with Gasteiger partial charge < -0.3 is 28.6 Å². The second-order valence-electron chi connectivity index (χ2n) is 11.4. The van der Waals surface area contributed by atoms with Crippen molar-refractivity contribution in [3.63, 3.8) is 0 Å². The first-order valence-electron chi connectivity index (χ1n) is 14.7. The molecule has 0 radical (unpaired) electrons. The standard InChI is InChI=1S/C33H39ClN2O8S/c1-7-42-29(38)14-12-22-17-45-28(35-22)16-27-32(39)36(18-33(3,4)19-43-20(2)37)25-13-11-21(34)15-24(25)30(44-27)23-9-8-10-26(40-5)31(23)41-6/h8-11,13,15,17,27,30H,7,12,14,16,18-19H2,1-6H3/t27-,30-/m1/s1. The fraction of sp³-hybridized carbons (Fsp3) is 0.455. The Bertz CT molecular complexity index is 1520. The highest BCUT2D eigenvalue weighted by Crippen LogP contribution is 2.45. The lowest BCUT2D eigenvalue weighted by Gasteiger charge is -2.33. The normalized spacial score (nSPS) is 16.5. The summed E-state index contributed by atoms with van der Waals surface area (Å²) in [6.45, 7) is 7.66. The van der Waals surface area contributed by atoms with E-state index in [1.807, 2.05) is 31.4 Å². The highest BCUT2D eigenvalue weighted by Gasteiger charge is 2.40. The molecule has 0 fully saturated rings. The minimum Gasteiger partial charge on any atom is -0.493 e. The van der Waals surface area contributed by atoms with Crippen LogP contribution in [0.5, 0.6) is 11.5 Å². The second-order valence-corrected chi connectivity index (χ2v) is 12.8. The number of hydrogen-bond acceptors (Lipinski definition) is 10. The summed E-state index contributed by atoms with van der Waals surface area (Å²) in [5.74, 6) is 0.0300. The maximum atomic E-state index is 14.5. The number of nitrogens with zero attached hydrogens (tertiary/aromatic N) is 2. The van der Waals surface area contributed by atoms with E-state index in [0.717, 1.165) is 5.69 Å². The van der Waals surface area contributed by atoms with Gasteiger partial charge in [0.15, 0.2) is 11.5 Å². The number of carbonyl (C=O) groups is 3. The van der Waals surface area contributed by atoms with Crippen molar-refractivity contribution >= 4 is 46.5 Å². The molecule has 0 N–H and O–H groups in total. The predicted octanol–water partition coefficient (Wildman–Crippen LogP) is 5.96. The van der Waals surface area contributed by atoms with E-state index in [0.29, 0.717) is 51.4 Å². The quantitative estimate of drug-likeness (QED) is 0.205. The van der Waals surface area contributed by atoms with Crippen LogP contribution in [0.25, 0.3) is 0 Å². The van der Waals surface area contributed by atoms with Crippen LogP contribution < -0.4 is 14.4 Å². The van der Waals surface area contributed by atoms with E-state index in [1.165, 1.54) is 18.3 Å². The van der Waals surface area contributed by atoms with Crippen LogP contribution in [0.2, 0.25) is 5.02 Å². The largest absolute Gasteiger partial charge is 0.493 e. The van der Waals surface area contributed by atoms with E-state index in [4.69, 9.17) is 40.3 Å². The molecule has 12 heteroatoms. The van der Waals surface area contributed by atoms with E-state index in [-0.39, 0.29) is 37.9 Å². The van der Waals surface area contributed by atoms with Crippen molar-refractivity contribution < 1.29 is 38.1 Å². The number of benzene rings is 2. The Morgan fingerprint density at radius 1 is 1.11 bits per heavy atom. The number of para-hydroxylation sites is 1. The molecule has 1 aliphatic heterocycles. The van der Waals surface area contributed by atoms with Gasteiger partial charge in [-0.15, -0.1) is 11.3 Å². The number of aryl methyl sites for hydroxylation is 1. The van der Waals surface area contributed by atoms with Crippen molar-refractivity contribution in [1.82, 2.24) is 4.98 Å². The molecule has 2 atom stereocenters. The molecule has 1 aromatic heterocycles. The molecule has 4 rings (SSSR count). The summed E-state index contributed by atoms with van der Waals surface area (Å²) in [6, 6.07) is 10.8. The average Bonchev–Trinajstić information content (AvgIpc) is 3.43. The molecule has 0 saturated carbocycles. The van der Waals surface area contributed by atoms with Crippen molar-refractivity contribution in [3.05, 3.63) is 68.6 Å². The van der Waals surface area contributed by atoms with E-state index < -0.39 is 23.6 Å². The number of hydrogen-bond donors (Lipinski definition) is 0. The molecule has 2 aromatic carbocycles.